The van der Waals surface area contributed by atoms with Gasteiger partial charge in [-0.15, -0.1) is 0 Å². The molecular formula is C19H19ClN4O5S. The van der Waals surface area contributed by atoms with Gasteiger partial charge in [-0.3, -0.25) is 20.4 Å². The number of nitrogens with one attached hydrogen (secondary N) is 2. The molecule has 0 spiro atoms. The van der Waals surface area contributed by atoms with Crippen molar-refractivity contribution in [3.05, 3.63) is 59.1 Å². The third kappa shape index (κ3) is 6.18. The first kappa shape index (κ1) is 23.2. The fourth-order valence-electron chi connectivity index (χ4n) is 2.21. The van der Waals surface area contributed by atoms with Crippen LogP contribution in [-0.4, -0.2) is 44.2 Å². The number of amides is 2. The highest BCUT2D eigenvalue weighted by Crippen LogP contribution is 2.17. The molecule has 0 radical (unpaired) electrons. The van der Waals surface area contributed by atoms with Gasteiger partial charge in [0, 0.05) is 12.1 Å². The van der Waals surface area contributed by atoms with Crippen molar-refractivity contribution in [1.29, 1.82) is 5.26 Å². The summed E-state index contributed by atoms with van der Waals surface area (Å²) in [7, 11) is -2.66. The number of carbonyl (C=O) groups is 2. The second-order valence-corrected chi connectivity index (χ2v) is 8.63. The van der Waals surface area contributed by atoms with E-state index < -0.39 is 34.5 Å². The van der Waals surface area contributed by atoms with Crippen LogP contribution in [0.25, 0.3) is 0 Å². The molecule has 2 N–H and O–H groups in total. The van der Waals surface area contributed by atoms with E-state index >= 15 is 0 Å². The molecule has 0 heterocycles. The van der Waals surface area contributed by atoms with Gasteiger partial charge in [-0.2, -0.15) is 9.57 Å². The van der Waals surface area contributed by atoms with E-state index in [1.807, 2.05) is 6.07 Å². The smallest absolute Gasteiger partial charge is 0.279 e. The lowest BCUT2D eigenvalue weighted by atomic mass is 10.2. The molecule has 0 saturated carbocycles. The molecule has 0 aliphatic rings. The van der Waals surface area contributed by atoms with E-state index in [1.54, 1.807) is 12.1 Å². The van der Waals surface area contributed by atoms with Gasteiger partial charge in [0.15, 0.2) is 6.10 Å². The van der Waals surface area contributed by atoms with Gasteiger partial charge in [0.25, 0.3) is 11.8 Å². The first-order valence-corrected chi connectivity index (χ1v) is 10.4. The Labute approximate surface area is 179 Å². The fourth-order valence-corrected chi connectivity index (χ4v) is 3.46. The van der Waals surface area contributed by atoms with Gasteiger partial charge in [-0.25, -0.2) is 8.42 Å². The van der Waals surface area contributed by atoms with E-state index in [-0.39, 0.29) is 4.90 Å². The van der Waals surface area contributed by atoms with Crippen molar-refractivity contribution in [2.75, 3.05) is 13.6 Å². The van der Waals surface area contributed by atoms with Gasteiger partial charge in [-0.1, -0.05) is 11.6 Å². The lowest BCUT2D eigenvalue weighted by molar-refractivity contribution is -0.132. The van der Waals surface area contributed by atoms with Crippen LogP contribution >= 0.6 is 11.6 Å². The molecule has 2 aromatic carbocycles. The van der Waals surface area contributed by atoms with Crippen molar-refractivity contribution >= 4 is 33.4 Å². The average Bonchev–Trinajstić information content (AvgIpc) is 2.72. The summed E-state index contributed by atoms with van der Waals surface area (Å²) in [5, 5.41) is 9.15. The molecule has 11 heteroatoms. The number of nitrogens with zero attached hydrogens (tertiary/aromatic N) is 2. The van der Waals surface area contributed by atoms with Crippen molar-refractivity contribution in [3.63, 3.8) is 0 Å². The Morgan fingerprint density at radius 2 is 1.73 bits per heavy atom. The number of likely N-dealkylation sites (N-methyl/N-ethyl adjacent to an activating group) is 1. The van der Waals surface area contributed by atoms with Gasteiger partial charge in [0.05, 0.1) is 23.1 Å². The van der Waals surface area contributed by atoms with Crippen molar-refractivity contribution in [3.8, 4) is 11.8 Å². The van der Waals surface area contributed by atoms with Gasteiger partial charge >= 0.3 is 0 Å². The van der Waals surface area contributed by atoms with E-state index in [0.29, 0.717) is 16.3 Å². The van der Waals surface area contributed by atoms with Crippen LogP contribution in [-0.2, 0) is 19.6 Å². The minimum Gasteiger partial charge on any atom is -0.481 e. The minimum atomic E-state index is -3.90. The third-order valence-electron chi connectivity index (χ3n) is 3.88. The number of hydrogen-bond acceptors (Lipinski definition) is 6. The summed E-state index contributed by atoms with van der Waals surface area (Å²) in [6.07, 6.45) is -0.950. The first-order chi connectivity index (χ1) is 14.1. The number of hydrazine groups is 1. The number of ether oxygens (including phenoxy) is 1. The summed E-state index contributed by atoms with van der Waals surface area (Å²) in [6.45, 7) is 0.951. The molecule has 2 amide bonds. The number of carbonyl (C=O) groups excluding carboxylic acids is 2. The van der Waals surface area contributed by atoms with E-state index in [4.69, 9.17) is 21.6 Å². The van der Waals surface area contributed by atoms with Crippen LogP contribution in [0, 0.1) is 11.3 Å². The molecule has 0 saturated heterocycles. The SMILES string of the molecule is C[C@H](Oc1ccc(C#N)cc1)C(=O)NNC(=O)CN(C)S(=O)(=O)c1ccc(Cl)cc1. The molecule has 1 atom stereocenters. The van der Waals surface area contributed by atoms with Crippen molar-refractivity contribution in [1.82, 2.24) is 15.2 Å². The van der Waals surface area contributed by atoms with Crippen molar-refractivity contribution in [2.45, 2.75) is 17.9 Å². The standard InChI is InChI=1S/C19H19ClN4O5S/c1-13(29-16-7-3-14(11-21)4-8-16)19(26)23-22-18(25)12-24(2)30(27,28)17-9-5-15(20)6-10-17/h3-10,13H,12H2,1-2H3,(H,22,25)(H,23,26)/t13-/m0/s1. The number of halogens is 1. The normalized spacial score (nSPS) is 12.0. The zero-order valence-electron chi connectivity index (χ0n) is 16.1. The highest BCUT2D eigenvalue weighted by Gasteiger charge is 2.23. The van der Waals surface area contributed by atoms with Gasteiger partial charge in [-0.05, 0) is 55.5 Å². The molecule has 2 rings (SSSR count). The molecule has 0 fully saturated rings. The molecule has 0 aliphatic carbocycles. The van der Waals surface area contributed by atoms with Crippen LogP contribution in [0.15, 0.2) is 53.4 Å². The predicted octanol–water partition coefficient (Wildman–Crippen LogP) is 1.45. The van der Waals surface area contributed by atoms with E-state index in [1.165, 1.54) is 50.4 Å². The molecule has 158 valence electrons. The lowest BCUT2D eigenvalue weighted by Gasteiger charge is -2.18. The van der Waals surface area contributed by atoms with Gasteiger partial charge in [0.2, 0.25) is 10.0 Å². The monoisotopic (exact) mass is 450 g/mol. The topological polar surface area (TPSA) is 129 Å². The Kier molecular flexibility index (Phi) is 7.77. The summed E-state index contributed by atoms with van der Waals surface area (Å²) in [5.74, 6) is -1.01. The van der Waals surface area contributed by atoms with Crippen molar-refractivity contribution < 1.29 is 22.7 Å². The fraction of sp³-hybridized carbons (Fsp3) is 0.211. The molecule has 30 heavy (non-hydrogen) atoms. The van der Waals surface area contributed by atoms with E-state index in [9.17, 15) is 18.0 Å². The summed E-state index contributed by atoms with van der Waals surface area (Å²) in [4.78, 5) is 24.1. The first-order valence-electron chi connectivity index (χ1n) is 8.61. The van der Waals surface area contributed by atoms with E-state index in [2.05, 4.69) is 10.9 Å². The number of nitriles is 1. The molecule has 0 aromatic heterocycles. The quantitative estimate of drug-likeness (QED) is 0.614. The largest absolute Gasteiger partial charge is 0.481 e. The Hall–Kier alpha value is -3.13. The zero-order chi connectivity index (χ0) is 22.3. The van der Waals surface area contributed by atoms with Crippen LogP contribution in [0.1, 0.15) is 12.5 Å². The maximum Gasteiger partial charge on any atom is 0.279 e. The minimum absolute atomic E-state index is 0.0179. The highest BCUT2D eigenvalue weighted by atomic mass is 35.5. The molecule has 0 bridgehead atoms. The summed E-state index contributed by atoms with van der Waals surface area (Å²) in [6, 6.07) is 13.6. The summed E-state index contributed by atoms with van der Waals surface area (Å²) in [5.41, 5.74) is 4.76. The molecule has 2 aromatic rings. The average molecular weight is 451 g/mol. The highest BCUT2D eigenvalue weighted by molar-refractivity contribution is 7.89. The Balaban J connectivity index is 1.85. The van der Waals surface area contributed by atoms with Gasteiger partial charge < -0.3 is 4.74 Å². The van der Waals surface area contributed by atoms with Crippen LogP contribution in [0.2, 0.25) is 5.02 Å². The maximum absolute atomic E-state index is 12.4. The second-order valence-electron chi connectivity index (χ2n) is 6.15. The third-order valence-corrected chi connectivity index (χ3v) is 5.95. The molecule has 9 nitrogen and oxygen atoms in total. The summed E-state index contributed by atoms with van der Waals surface area (Å²) >= 11 is 5.75. The second kappa shape index (κ2) is 10.1. The number of benzene rings is 2. The Morgan fingerprint density at radius 1 is 1.13 bits per heavy atom. The van der Waals surface area contributed by atoms with Crippen LogP contribution in [0.5, 0.6) is 5.75 Å². The van der Waals surface area contributed by atoms with Crippen molar-refractivity contribution in [2.24, 2.45) is 0 Å². The van der Waals surface area contributed by atoms with Gasteiger partial charge in [0.1, 0.15) is 5.75 Å². The number of hydrogen-bond donors (Lipinski definition) is 2. The molecular weight excluding hydrogens is 432 g/mol. The molecule has 0 aliphatic heterocycles. The Bertz CT molecular complexity index is 1050. The molecule has 0 unspecified atom stereocenters. The van der Waals surface area contributed by atoms with Crippen LogP contribution in [0.3, 0.4) is 0 Å². The zero-order valence-corrected chi connectivity index (χ0v) is 17.7. The van der Waals surface area contributed by atoms with Crippen LogP contribution < -0.4 is 15.6 Å². The van der Waals surface area contributed by atoms with E-state index in [0.717, 1.165) is 4.31 Å². The predicted molar refractivity (Wildman–Crippen MR) is 109 cm³/mol. The Morgan fingerprint density at radius 3 is 2.30 bits per heavy atom. The van der Waals surface area contributed by atoms with Crippen LogP contribution in [0.4, 0.5) is 0 Å². The summed E-state index contributed by atoms with van der Waals surface area (Å²) < 4.78 is 31.2. The maximum atomic E-state index is 12.4. The number of rotatable bonds is 7. The number of sulfonamides is 1. The lowest BCUT2D eigenvalue weighted by Crippen LogP contribution is -2.50.